The number of hydrogen-bond donors (Lipinski definition) is 8. The van der Waals surface area contributed by atoms with Gasteiger partial charge in [-0.1, -0.05) is 182 Å². The quantitative estimate of drug-likeness (QED) is 0.0158. The number of ketones is 4. The second kappa shape index (κ2) is 49.3. The first-order valence-electron chi connectivity index (χ1n) is 44.0. The van der Waals surface area contributed by atoms with Crippen LogP contribution in [0.1, 0.15) is 218 Å². The number of piperidine rings is 2. The van der Waals surface area contributed by atoms with Crippen LogP contribution in [-0.4, -0.2) is 162 Å². The van der Waals surface area contributed by atoms with Crippen molar-refractivity contribution in [2.45, 2.75) is 119 Å². The monoisotopic (exact) mass is 1950 g/mol. The maximum absolute atomic E-state index is 14.9. The summed E-state index contributed by atoms with van der Waals surface area (Å²) in [5.41, 5.74) is 9.12. The van der Waals surface area contributed by atoms with E-state index in [1.54, 1.807) is 152 Å². The van der Waals surface area contributed by atoms with E-state index in [1.807, 2.05) is 72.2 Å². The van der Waals surface area contributed by atoms with Crippen molar-refractivity contribution in [3.05, 3.63) is 374 Å². The zero-order valence-electron chi connectivity index (χ0n) is 73.8. The lowest BCUT2D eigenvalue weighted by Gasteiger charge is -2.29. The van der Waals surface area contributed by atoms with Crippen molar-refractivity contribution < 1.29 is 47.1 Å². The number of pyridine rings is 4. The van der Waals surface area contributed by atoms with Gasteiger partial charge in [0.2, 0.25) is 0 Å². The summed E-state index contributed by atoms with van der Waals surface area (Å²) in [4.78, 5) is 128. The number of anilines is 4. The van der Waals surface area contributed by atoms with Crippen LogP contribution in [0.3, 0.4) is 0 Å². The fourth-order valence-electron chi connectivity index (χ4n) is 15.8. The van der Waals surface area contributed by atoms with Gasteiger partial charge in [-0.05, 0) is 213 Å². The van der Waals surface area contributed by atoms with Crippen LogP contribution in [0.5, 0.6) is 0 Å². The van der Waals surface area contributed by atoms with E-state index >= 15 is 0 Å². The third-order valence-electron chi connectivity index (χ3n) is 23.1. The number of aryl methyl sites for hydroxylation is 2. The Bertz CT molecular complexity index is 6350. The van der Waals surface area contributed by atoms with Crippen LogP contribution in [0.4, 0.5) is 32.1 Å². The number of hydrogen-bond acceptors (Lipinski definition) is 16. The lowest BCUT2D eigenvalue weighted by molar-refractivity contribution is 0.0976. The van der Waals surface area contributed by atoms with Crippen LogP contribution in [0.15, 0.2) is 248 Å². The Balaban J connectivity index is 0.000000173. The van der Waals surface area contributed by atoms with Crippen molar-refractivity contribution in [2.75, 3.05) is 73.6 Å². The van der Waals surface area contributed by atoms with Gasteiger partial charge in [-0.3, -0.25) is 60.0 Å². The minimum atomic E-state index is -0.672. The van der Waals surface area contributed by atoms with Crippen LogP contribution in [0, 0.1) is 47.1 Å². The molecular formula is C106H106BrCl3F2N16O8. The fraction of sp³-hybridized carbons (Fsp3) is 0.245. The van der Waals surface area contributed by atoms with Gasteiger partial charge in [0.05, 0.1) is 26.2 Å². The number of amidine groups is 4. The Morgan fingerprint density at radius 3 is 0.890 bits per heavy atom. The molecule has 24 nitrogen and oxygen atoms in total. The molecule has 0 aliphatic carbocycles. The maximum Gasteiger partial charge on any atom is 0.257 e. The third-order valence-corrected chi connectivity index (χ3v) is 24.2. The molecule has 4 fully saturated rings. The van der Waals surface area contributed by atoms with E-state index in [2.05, 4.69) is 66.9 Å². The Morgan fingerprint density at radius 2 is 0.581 bits per heavy atom. The molecule has 4 aromatic heterocycles. The van der Waals surface area contributed by atoms with Gasteiger partial charge in [-0.2, -0.15) is 0 Å². The van der Waals surface area contributed by atoms with Crippen LogP contribution < -0.4 is 21.3 Å². The van der Waals surface area contributed by atoms with Crippen LogP contribution in [0.25, 0.3) is 0 Å². The van der Waals surface area contributed by atoms with Crippen molar-refractivity contribution in [3.8, 4) is 0 Å². The third kappa shape index (κ3) is 28.1. The molecule has 0 bridgehead atoms. The molecule has 0 unspecified atom stereocenters. The zero-order valence-corrected chi connectivity index (χ0v) is 77.6. The van der Waals surface area contributed by atoms with Gasteiger partial charge >= 0.3 is 0 Å². The highest BCUT2D eigenvalue weighted by Gasteiger charge is 2.27. The fourth-order valence-corrected chi connectivity index (χ4v) is 16.3. The van der Waals surface area contributed by atoms with Gasteiger partial charge in [-0.15, -0.1) is 0 Å². The summed E-state index contributed by atoms with van der Waals surface area (Å²) >= 11 is 20.8. The number of likely N-dealkylation sites (tertiary alicyclic amines) is 4. The molecule has 8 N–H and O–H groups in total. The van der Waals surface area contributed by atoms with Gasteiger partial charge in [0.15, 0.2) is 23.1 Å². The molecule has 700 valence electrons. The number of amides is 4. The molecule has 4 amide bonds. The Morgan fingerprint density at radius 1 is 0.309 bits per heavy atom. The summed E-state index contributed by atoms with van der Waals surface area (Å²) in [6.45, 7) is 10.6. The van der Waals surface area contributed by atoms with E-state index in [1.165, 1.54) is 49.3 Å². The maximum atomic E-state index is 14.9. The average Bonchev–Trinajstić information content (AvgIpc) is 1.02. The van der Waals surface area contributed by atoms with Crippen LogP contribution in [0.2, 0.25) is 15.1 Å². The predicted molar refractivity (Wildman–Crippen MR) is 538 cm³/mol. The van der Waals surface area contributed by atoms with E-state index in [-0.39, 0.29) is 86.7 Å². The van der Waals surface area contributed by atoms with Gasteiger partial charge in [-0.25, -0.2) is 28.7 Å². The van der Waals surface area contributed by atoms with Crippen molar-refractivity contribution in [3.63, 3.8) is 0 Å². The predicted octanol–water partition coefficient (Wildman–Crippen LogP) is 22.4. The number of aromatic nitrogens is 4. The first-order chi connectivity index (χ1) is 64.6. The second-order valence-corrected chi connectivity index (χ2v) is 34.9. The largest absolute Gasteiger partial charge is 0.357 e. The molecule has 0 spiro atoms. The number of nitrogens with zero attached hydrogens (tertiary/aromatic N) is 8. The van der Waals surface area contributed by atoms with Gasteiger partial charge < -0.3 is 40.9 Å². The number of Topliss-reactive ketones (excluding diaryl/α,β-unsaturated/α-hetero) is 4. The molecule has 8 aromatic carbocycles. The van der Waals surface area contributed by atoms with E-state index in [0.717, 1.165) is 137 Å². The first kappa shape index (κ1) is 103. The van der Waals surface area contributed by atoms with Crippen molar-refractivity contribution in [2.24, 2.45) is 0 Å². The number of halogens is 6. The van der Waals surface area contributed by atoms with Crippen LogP contribution in [-0.2, 0) is 25.7 Å². The molecule has 136 heavy (non-hydrogen) atoms. The molecule has 0 saturated carbocycles. The lowest BCUT2D eigenvalue weighted by atomic mass is 9.96. The summed E-state index contributed by atoms with van der Waals surface area (Å²) in [5, 5.41) is 45.8. The summed E-state index contributed by atoms with van der Waals surface area (Å²) in [5.74, 6) is -0.840. The highest BCUT2D eigenvalue weighted by molar-refractivity contribution is 9.10. The van der Waals surface area contributed by atoms with Gasteiger partial charge in [0, 0.05) is 163 Å². The normalized spacial score (nSPS) is 13.1. The Labute approximate surface area is 813 Å². The summed E-state index contributed by atoms with van der Waals surface area (Å²) in [6.07, 6.45) is 16.7. The smallest absolute Gasteiger partial charge is 0.257 e. The molecule has 16 rings (SSSR count). The van der Waals surface area contributed by atoms with Crippen LogP contribution >= 0.6 is 50.7 Å². The Kier molecular flexibility index (Phi) is 37.2. The minimum absolute atomic E-state index is 0. The molecule has 4 aliphatic heterocycles. The number of carbonyl (C=O) groups is 8. The standard InChI is InChI=1S/C27H27ClN4O2.C26H25BrN4O2.C26H24ClFN4O2.C25H22ClFN4O2.2CH4/c1-18-5-6-21(23(15-18)27(34)31-25-12-11-22(28)17-30-25)16-24(33)19-7-9-20(10-8-19)26(29)32-13-3-2-4-14-32;1-17-4-5-20(22(14-17)26(33)30-24-11-10-21(27)16-29-24)15-23(32)18-6-8-19(9-7-18)25(28)31-12-2-3-13-31;27-19-9-11-24(30-16-19)31-26(34)20-7-3-2-6-17(20)15-23(33)21-10-8-18(14-22(21)28)25(29)32-12-4-1-5-13-32;26-18-8-10-23(29-15-18)30-25(33)19-6-2-1-5-16(19)14-22(32)20-9-7-17(13-21(20)27)24(28)31-11-3-4-12-31;;/h5-12,15,17,29H,2-4,13-14,16H2,1H3,(H,30,31,34);4-11,14,16,28H,2-3,12-13,15H2,1H3,(H,29,30,33);2-3,6-11,14,16,29H,1,4-5,12-13,15H2,(H,30,31,34);1-2,5-10,13,15,28H,3-4,11-12,14H2,(H,29,30,33);2*1H4. The summed E-state index contributed by atoms with van der Waals surface area (Å²) < 4.78 is 30.5. The zero-order chi connectivity index (χ0) is 94.9. The highest BCUT2D eigenvalue weighted by atomic mass is 79.9. The van der Waals surface area contributed by atoms with E-state index in [9.17, 15) is 47.1 Å². The SMILES string of the molecule is C.C.Cc1ccc(CC(=O)c2ccc(C(=N)N3CCCC3)cc2)c(C(=O)Nc2ccc(Br)cn2)c1.Cc1ccc(CC(=O)c2ccc(C(=N)N3CCCCC3)cc2)c(C(=O)Nc2ccc(Cl)cn2)c1.N=C(c1ccc(C(=O)Cc2ccccc2C(=O)Nc2ccc(Cl)cn2)c(F)c1)N1CCCC1.N=C(c1ccc(C(=O)Cc2ccccc2C(=O)Nc2ccc(Cl)cn2)c(F)c1)N1CCCCC1. The van der Waals surface area contributed by atoms with E-state index < -0.39 is 35.0 Å². The van der Waals surface area contributed by atoms with E-state index in [0.29, 0.717) is 117 Å². The second-order valence-electron chi connectivity index (χ2n) is 32.7. The molecule has 0 atom stereocenters. The number of nitrogens with one attached hydrogen (secondary N) is 8. The molecule has 4 aliphatic rings. The number of carbonyl (C=O) groups excluding carboxylic acids is 8. The molecular weight excluding hydrogens is 1850 g/mol. The van der Waals surface area contributed by atoms with Gasteiger partial charge in [0.25, 0.3) is 23.6 Å². The molecule has 8 heterocycles. The minimum Gasteiger partial charge on any atom is -0.357 e. The summed E-state index contributed by atoms with van der Waals surface area (Å²) in [7, 11) is 0. The molecule has 12 aromatic rings. The lowest BCUT2D eigenvalue weighted by Crippen LogP contribution is -2.35. The molecule has 4 saturated heterocycles. The molecule has 30 heteroatoms. The highest BCUT2D eigenvalue weighted by Crippen LogP contribution is 2.28. The topological polar surface area (TPSA) is 345 Å². The number of rotatable bonds is 24. The van der Waals surface area contributed by atoms with Crippen molar-refractivity contribution in [1.29, 1.82) is 21.6 Å². The first-order valence-corrected chi connectivity index (χ1v) is 45.9. The van der Waals surface area contributed by atoms with Gasteiger partial charge in [0.1, 0.15) is 58.2 Å². The van der Waals surface area contributed by atoms with E-state index in [4.69, 9.17) is 56.4 Å². The average molecular weight is 1960 g/mol. The summed E-state index contributed by atoms with van der Waals surface area (Å²) in [6, 6.07) is 60.4. The Hall–Kier alpha value is -14.0. The number of benzene rings is 8. The van der Waals surface area contributed by atoms with Crippen molar-refractivity contribution >= 4 is 144 Å². The molecule has 0 radical (unpaired) electrons. The van der Waals surface area contributed by atoms with Crippen molar-refractivity contribution in [1.82, 2.24) is 39.5 Å².